The van der Waals surface area contributed by atoms with Crippen molar-refractivity contribution in [2.45, 2.75) is 32.2 Å². The summed E-state index contributed by atoms with van der Waals surface area (Å²) >= 11 is 3.36. The third-order valence-electron chi connectivity index (χ3n) is 2.82. The molecule has 0 saturated carbocycles. The molecule has 0 aromatic heterocycles. The molecule has 0 aliphatic rings. The summed E-state index contributed by atoms with van der Waals surface area (Å²) in [6.45, 7) is 3.78. The van der Waals surface area contributed by atoms with E-state index in [-0.39, 0.29) is 24.5 Å². The van der Waals surface area contributed by atoms with Crippen LogP contribution in [0.3, 0.4) is 0 Å². The summed E-state index contributed by atoms with van der Waals surface area (Å²) in [5.41, 5.74) is 0.971. The second-order valence-electron chi connectivity index (χ2n) is 4.07. The minimum Gasteiger partial charge on any atom is -0.394 e. The number of benzene rings is 1. The lowest BCUT2D eigenvalue weighted by Gasteiger charge is -2.18. The van der Waals surface area contributed by atoms with Gasteiger partial charge < -0.3 is 10.4 Å². The first-order chi connectivity index (χ1) is 8.08. The topological polar surface area (TPSA) is 49.3 Å². The fourth-order valence-electron chi connectivity index (χ4n) is 1.51. The van der Waals surface area contributed by atoms with E-state index in [1.165, 1.54) is 0 Å². The molecule has 0 spiro atoms. The number of hydrogen-bond acceptors (Lipinski definition) is 2. The summed E-state index contributed by atoms with van der Waals surface area (Å²) < 4.78 is 0.996. The number of rotatable bonds is 5. The van der Waals surface area contributed by atoms with E-state index < -0.39 is 0 Å². The summed E-state index contributed by atoms with van der Waals surface area (Å²) in [6.07, 6.45) is 0.731. The fourth-order valence-corrected chi connectivity index (χ4v) is 1.77. The predicted molar refractivity (Wildman–Crippen MR) is 71.9 cm³/mol. The highest BCUT2D eigenvalue weighted by atomic mass is 79.9. The van der Waals surface area contributed by atoms with Gasteiger partial charge in [0, 0.05) is 4.47 Å². The van der Waals surface area contributed by atoms with Crippen LogP contribution < -0.4 is 5.32 Å². The molecule has 3 nitrogen and oxygen atoms in total. The van der Waals surface area contributed by atoms with Gasteiger partial charge >= 0.3 is 0 Å². The third kappa shape index (κ3) is 4.13. The van der Waals surface area contributed by atoms with Crippen molar-refractivity contribution in [2.24, 2.45) is 0 Å². The molecule has 4 heteroatoms. The van der Waals surface area contributed by atoms with Crippen LogP contribution in [-0.4, -0.2) is 23.7 Å². The van der Waals surface area contributed by atoms with Gasteiger partial charge in [0.25, 0.3) is 0 Å². The molecular weight excluding hydrogens is 282 g/mol. The van der Waals surface area contributed by atoms with E-state index >= 15 is 0 Å². The molecule has 1 amide bonds. The Kier molecular flexibility index (Phi) is 5.65. The molecule has 1 rings (SSSR count). The first-order valence-corrected chi connectivity index (χ1v) is 6.54. The van der Waals surface area contributed by atoms with Crippen LogP contribution in [0.5, 0.6) is 0 Å². The molecule has 0 aliphatic heterocycles. The third-order valence-corrected chi connectivity index (χ3v) is 3.35. The largest absolute Gasteiger partial charge is 0.394 e. The second kappa shape index (κ2) is 6.77. The van der Waals surface area contributed by atoms with Crippen LogP contribution in [0.2, 0.25) is 0 Å². The van der Waals surface area contributed by atoms with Gasteiger partial charge in [-0.05, 0) is 31.0 Å². The van der Waals surface area contributed by atoms with E-state index in [0.717, 1.165) is 16.5 Å². The Labute approximate surface area is 110 Å². The van der Waals surface area contributed by atoms with Crippen LogP contribution in [0.4, 0.5) is 0 Å². The predicted octanol–water partition coefficient (Wildman–Crippen LogP) is 2.44. The average molecular weight is 300 g/mol. The molecule has 1 aromatic rings. The molecule has 94 valence electrons. The lowest BCUT2D eigenvalue weighted by atomic mass is 10.00. The highest BCUT2D eigenvalue weighted by Crippen LogP contribution is 2.18. The molecule has 1 aromatic carbocycles. The fraction of sp³-hybridized carbons (Fsp3) is 0.462. The first-order valence-electron chi connectivity index (χ1n) is 5.75. The smallest absolute Gasteiger partial charge is 0.227 e. The number of nitrogens with one attached hydrogen (secondary N) is 1. The summed E-state index contributed by atoms with van der Waals surface area (Å²) in [5, 5.41) is 11.9. The maximum atomic E-state index is 11.9. The van der Waals surface area contributed by atoms with Gasteiger partial charge in [-0.25, -0.2) is 0 Å². The SMILES string of the molecule is CCC(CO)NC(=O)C(C)c1ccc(Br)cc1. The Morgan fingerprint density at radius 1 is 1.41 bits per heavy atom. The Hall–Kier alpha value is -0.870. The summed E-state index contributed by atoms with van der Waals surface area (Å²) in [7, 11) is 0. The van der Waals surface area contributed by atoms with Crippen molar-refractivity contribution in [1.82, 2.24) is 5.32 Å². The van der Waals surface area contributed by atoms with Crippen molar-refractivity contribution in [2.75, 3.05) is 6.61 Å². The number of halogens is 1. The van der Waals surface area contributed by atoms with Gasteiger partial charge in [-0.2, -0.15) is 0 Å². The second-order valence-corrected chi connectivity index (χ2v) is 4.99. The van der Waals surface area contributed by atoms with Gasteiger partial charge in [0.15, 0.2) is 0 Å². The van der Waals surface area contributed by atoms with Crippen molar-refractivity contribution >= 4 is 21.8 Å². The average Bonchev–Trinajstić information content (AvgIpc) is 2.35. The maximum Gasteiger partial charge on any atom is 0.227 e. The minimum absolute atomic E-state index is 0.0186. The van der Waals surface area contributed by atoms with Crippen LogP contribution >= 0.6 is 15.9 Å². The van der Waals surface area contributed by atoms with Crippen LogP contribution in [0.25, 0.3) is 0 Å². The van der Waals surface area contributed by atoms with Crippen molar-refractivity contribution in [3.05, 3.63) is 34.3 Å². The normalized spacial score (nSPS) is 14.1. The van der Waals surface area contributed by atoms with E-state index in [1.807, 2.05) is 38.1 Å². The van der Waals surface area contributed by atoms with Gasteiger partial charge in [-0.1, -0.05) is 35.0 Å². The van der Waals surface area contributed by atoms with Crippen LogP contribution in [0.15, 0.2) is 28.7 Å². The number of carbonyl (C=O) groups is 1. The minimum atomic E-state index is -0.205. The Bertz CT molecular complexity index is 360. The quantitative estimate of drug-likeness (QED) is 0.877. The lowest BCUT2D eigenvalue weighted by Crippen LogP contribution is -2.39. The summed E-state index contributed by atoms with van der Waals surface area (Å²) in [4.78, 5) is 11.9. The molecule has 2 unspecified atom stereocenters. The summed E-state index contributed by atoms with van der Waals surface area (Å²) in [6, 6.07) is 7.54. The molecule has 0 radical (unpaired) electrons. The first kappa shape index (κ1) is 14.2. The zero-order valence-corrected chi connectivity index (χ0v) is 11.7. The summed E-state index contributed by atoms with van der Waals surface area (Å²) in [5.74, 6) is -0.253. The Balaban J connectivity index is 2.66. The van der Waals surface area contributed by atoms with E-state index in [1.54, 1.807) is 0 Å². The van der Waals surface area contributed by atoms with E-state index in [9.17, 15) is 4.79 Å². The molecule has 0 saturated heterocycles. The van der Waals surface area contributed by atoms with Crippen LogP contribution in [0, 0.1) is 0 Å². The van der Waals surface area contributed by atoms with Crippen molar-refractivity contribution < 1.29 is 9.90 Å². The standard InChI is InChI=1S/C13H18BrNO2/c1-3-12(8-16)15-13(17)9(2)10-4-6-11(14)7-5-10/h4-7,9,12,16H,3,8H2,1-2H3,(H,15,17). The molecule has 2 N–H and O–H groups in total. The number of hydrogen-bond donors (Lipinski definition) is 2. The van der Waals surface area contributed by atoms with Crippen molar-refractivity contribution in [3.8, 4) is 0 Å². The van der Waals surface area contributed by atoms with Gasteiger partial charge in [-0.15, -0.1) is 0 Å². The molecule has 2 atom stereocenters. The van der Waals surface area contributed by atoms with Crippen LogP contribution in [-0.2, 0) is 4.79 Å². The highest BCUT2D eigenvalue weighted by molar-refractivity contribution is 9.10. The van der Waals surface area contributed by atoms with Gasteiger partial charge in [0.1, 0.15) is 0 Å². The van der Waals surface area contributed by atoms with Gasteiger partial charge in [0.05, 0.1) is 18.6 Å². The van der Waals surface area contributed by atoms with E-state index in [2.05, 4.69) is 21.2 Å². The lowest BCUT2D eigenvalue weighted by molar-refractivity contribution is -0.123. The molecular formula is C13H18BrNO2. The maximum absolute atomic E-state index is 11.9. The monoisotopic (exact) mass is 299 g/mol. The highest BCUT2D eigenvalue weighted by Gasteiger charge is 2.17. The van der Waals surface area contributed by atoms with E-state index in [4.69, 9.17) is 5.11 Å². The number of aliphatic hydroxyl groups is 1. The molecule has 0 aliphatic carbocycles. The number of aliphatic hydroxyl groups excluding tert-OH is 1. The van der Waals surface area contributed by atoms with Crippen molar-refractivity contribution in [3.63, 3.8) is 0 Å². The molecule has 0 bridgehead atoms. The zero-order valence-electron chi connectivity index (χ0n) is 10.1. The Morgan fingerprint density at radius 3 is 2.47 bits per heavy atom. The molecule has 0 fully saturated rings. The number of carbonyl (C=O) groups excluding carboxylic acids is 1. The number of amides is 1. The van der Waals surface area contributed by atoms with Crippen LogP contribution in [0.1, 0.15) is 31.7 Å². The molecule has 0 heterocycles. The molecule has 17 heavy (non-hydrogen) atoms. The van der Waals surface area contributed by atoms with Crippen molar-refractivity contribution in [1.29, 1.82) is 0 Å². The van der Waals surface area contributed by atoms with Gasteiger partial charge in [0.2, 0.25) is 5.91 Å². The van der Waals surface area contributed by atoms with Gasteiger partial charge in [-0.3, -0.25) is 4.79 Å². The Morgan fingerprint density at radius 2 is 2.00 bits per heavy atom. The zero-order chi connectivity index (χ0) is 12.8. The van der Waals surface area contributed by atoms with E-state index in [0.29, 0.717) is 0 Å².